The fraction of sp³-hybridized carbons (Fsp3) is 0.467. The molecular weight excluding hydrogens is 272 g/mol. The Kier molecular flexibility index (Phi) is 6.17. The molecule has 6 nitrogen and oxygen atoms in total. The summed E-state index contributed by atoms with van der Waals surface area (Å²) in [6.07, 6.45) is 1.68. The van der Waals surface area contributed by atoms with Crippen LogP contribution in [0.4, 0.5) is 0 Å². The lowest BCUT2D eigenvalue weighted by Gasteiger charge is -2.21. The van der Waals surface area contributed by atoms with Crippen molar-refractivity contribution in [3.63, 3.8) is 0 Å². The van der Waals surface area contributed by atoms with Gasteiger partial charge in [-0.3, -0.25) is 4.79 Å². The minimum absolute atomic E-state index is 0.0383. The Morgan fingerprint density at radius 1 is 1.38 bits per heavy atom. The van der Waals surface area contributed by atoms with Crippen LogP contribution in [0.5, 0.6) is 11.5 Å². The number of hydrogen-bond acceptors (Lipinski definition) is 5. The summed E-state index contributed by atoms with van der Waals surface area (Å²) >= 11 is 0. The molecule has 1 amide bonds. The van der Waals surface area contributed by atoms with Gasteiger partial charge in [-0.05, 0) is 30.0 Å². The molecule has 116 valence electrons. The maximum atomic E-state index is 12.0. The third kappa shape index (κ3) is 4.75. The first kappa shape index (κ1) is 17.0. The van der Waals surface area contributed by atoms with Crippen molar-refractivity contribution in [2.75, 3.05) is 0 Å². The number of phenolic OH excluding ortho intramolecular Hbond substituents is 2. The monoisotopic (exact) mass is 294 g/mol. The molecule has 0 aromatic heterocycles. The number of aromatic hydroxyl groups is 2. The van der Waals surface area contributed by atoms with Crippen LogP contribution in [0.3, 0.4) is 0 Å². The fourth-order valence-corrected chi connectivity index (χ4v) is 1.88. The van der Waals surface area contributed by atoms with Gasteiger partial charge >= 0.3 is 0 Å². The zero-order valence-electron chi connectivity index (χ0n) is 12.2. The number of rotatable bonds is 7. The molecule has 0 heterocycles. The predicted octanol–water partition coefficient (Wildman–Crippen LogP) is 0.697. The summed E-state index contributed by atoms with van der Waals surface area (Å²) in [5, 5.41) is 21.2. The molecule has 0 aliphatic rings. The molecule has 0 bridgehead atoms. The molecule has 0 aliphatic carbocycles. The summed E-state index contributed by atoms with van der Waals surface area (Å²) in [6.45, 7) is 3.81. The van der Waals surface area contributed by atoms with Crippen LogP contribution in [-0.2, 0) is 16.0 Å². The molecule has 1 rings (SSSR count). The van der Waals surface area contributed by atoms with Crippen LogP contribution in [0.2, 0.25) is 0 Å². The lowest BCUT2D eigenvalue weighted by Crippen LogP contribution is -2.49. The number of aldehydes is 1. The Balaban J connectivity index is 2.65. The molecule has 1 aromatic carbocycles. The van der Waals surface area contributed by atoms with E-state index in [1.165, 1.54) is 12.1 Å². The SMILES string of the molecule is CCC(C)C(C=O)NC(=O)C(N)Cc1ccc(O)c(O)c1. The van der Waals surface area contributed by atoms with Gasteiger partial charge < -0.3 is 26.1 Å². The van der Waals surface area contributed by atoms with Crippen molar-refractivity contribution in [1.29, 1.82) is 0 Å². The number of carbonyl (C=O) groups is 2. The first-order valence-corrected chi connectivity index (χ1v) is 6.91. The zero-order chi connectivity index (χ0) is 16.0. The molecule has 0 spiro atoms. The smallest absolute Gasteiger partial charge is 0.237 e. The van der Waals surface area contributed by atoms with Crippen LogP contribution < -0.4 is 11.1 Å². The van der Waals surface area contributed by atoms with Gasteiger partial charge in [0.2, 0.25) is 5.91 Å². The lowest BCUT2D eigenvalue weighted by atomic mass is 9.99. The first-order valence-electron chi connectivity index (χ1n) is 6.91. The normalized spacial score (nSPS) is 15.0. The first-order chi connectivity index (χ1) is 9.88. The van der Waals surface area contributed by atoms with E-state index in [1.807, 2.05) is 13.8 Å². The van der Waals surface area contributed by atoms with Gasteiger partial charge in [0.25, 0.3) is 0 Å². The molecule has 6 heteroatoms. The molecule has 0 saturated heterocycles. The number of hydrogen-bond donors (Lipinski definition) is 4. The summed E-state index contributed by atoms with van der Waals surface area (Å²) in [7, 11) is 0. The maximum absolute atomic E-state index is 12.0. The lowest BCUT2D eigenvalue weighted by molar-refractivity contribution is -0.125. The molecule has 0 fully saturated rings. The number of phenols is 2. The van der Waals surface area contributed by atoms with Crippen LogP contribution >= 0.6 is 0 Å². The Morgan fingerprint density at radius 2 is 2.05 bits per heavy atom. The number of amides is 1. The molecule has 0 radical (unpaired) electrons. The minimum atomic E-state index is -0.833. The molecule has 0 saturated carbocycles. The van der Waals surface area contributed by atoms with Crippen molar-refractivity contribution in [3.8, 4) is 11.5 Å². The van der Waals surface area contributed by atoms with Crippen molar-refractivity contribution < 1.29 is 19.8 Å². The van der Waals surface area contributed by atoms with Crippen molar-refractivity contribution in [2.24, 2.45) is 11.7 Å². The zero-order valence-corrected chi connectivity index (χ0v) is 12.2. The van der Waals surface area contributed by atoms with E-state index < -0.39 is 18.0 Å². The largest absolute Gasteiger partial charge is 0.504 e. The summed E-state index contributed by atoms with van der Waals surface area (Å²) in [5.41, 5.74) is 6.43. The Hall–Kier alpha value is -2.08. The molecule has 3 atom stereocenters. The van der Waals surface area contributed by atoms with Gasteiger partial charge in [-0.25, -0.2) is 0 Å². The van der Waals surface area contributed by atoms with Crippen LogP contribution in [0, 0.1) is 5.92 Å². The molecular formula is C15H22N2O4. The third-order valence-corrected chi connectivity index (χ3v) is 3.54. The topological polar surface area (TPSA) is 113 Å². The molecule has 3 unspecified atom stereocenters. The molecule has 1 aromatic rings. The van der Waals surface area contributed by atoms with E-state index >= 15 is 0 Å². The van der Waals surface area contributed by atoms with Gasteiger partial charge in [-0.1, -0.05) is 26.3 Å². The molecule has 0 aliphatic heterocycles. The van der Waals surface area contributed by atoms with Crippen LogP contribution in [0.1, 0.15) is 25.8 Å². The Labute approximate surface area is 124 Å². The van der Waals surface area contributed by atoms with Crippen molar-refractivity contribution in [3.05, 3.63) is 23.8 Å². The van der Waals surface area contributed by atoms with Crippen LogP contribution in [0.25, 0.3) is 0 Å². The minimum Gasteiger partial charge on any atom is -0.504 e. The summed E-state index contributed by atoms with van der Waals surface area (Å²) in [4.78, 5) is 23.0. The second-order valence-corrected chi connectivity index (χ2v) is 5.19. The van der Waals surface area contributed by atoms with Gasteiger partial charge in [0, 0.05) is 0 Å². The molecule has 21 heavy (non-hydrogen) atoms. The van der Waals surface area contributed by atoms with Crippen LogP contribution in [-0.4, -0.2) is 34.5 Å². The fourth-order valence-electron chi connectivity index (χ4n) is 1.88. The predicted molar refractivity (Wildman–Crippen MR) is 78.9 cm³/mol. The third-order valence-electron chi connectivity index (χ3n) is 3.54. The van der Waals surface area contributed by atoms with E-state index in [0.29, 0.717) is 11.8 Å². The van der Waals surface area contributed by atoms with E-state index in [9.17, 15) is 19.8 Å². The van der Waals surface area contributed by atoms with E-state index in [0.717, 1.165) is 6.42 Å². The number of nitrogens with two attached hydrogens (primary N) is 1. The average Bonchev–Trinajstić information content (AvgIpc) is 2.47. The average molecular weight is 294 g/mol. The highest BCUT2D eigenvalue weighted by Gasteiger charge is 2.21. The highest BCUT2D eigenvalue weighted by atomic mass is 16.3. The van der Waals surface area contributed by atoms with Crippen molar-refractivity contribution in [2.45, 2.75) is 38.8 Å². The van der Waals surface area contributed by atoms with Gasteiger partial charge in [0.15, 0.2) is 11.5 Å². The summed E-state index contributed by atoms with van der Waals surface area (Å²) < 4.78 is 0. The van der Waals surface area contributed by atoms with Crippen molar-refractivity contribution >= 4 is 12.2 Å². The van der Waals surface area contributed by atoms with E-state index in [-0.39, 0.29) is 23.8 Å². The maximum Gasteiger partial charge on any atom is 0.237 e. The van der Waals surface area contributed by atoms with Crippen molar-refractivity contribution in [1.82, 2.24) is 5.32 Å². The van der Waals surface area contributed by atoms with E-state index in [1.54, 1.807) is 6.07 Å². The number of nitrogens with one attached hydrogen (secondary N) is 1. The number of benzene rings is 1. The van der Waals surface area contributed by atoms with Gasteiger partial charge in [-0.15, -0.1) is 0 Å². The summed E-state index contributed by atoms with van der Waals surface area (Å²) in [5.74, 6) is -0.864. The second kappa shape index (κ2) is 7.64. The van der Waals surface area contributed by atoms with Gasteiger partial charge in [0.1, 0.15) is 6.29 Å². The van der Waals surface area contributed by atoms with Crippen LogP contribution in [0.15, 0.2) is 18.2 Å². The quantitative estimate of drug-likeness (QED) is 0.437. The highest BCUT2D eigenvalue weighted by Crippen LogP contribution is 2.25. The standard InChI is InChI=1S/C15H22N2O4/c1-3-9(2)12(8-18)17-15(21)11(16)6-10-4-5-13(19)14(20)7-10/h4-5,7-9,11-12,19-20H,3,6,16H2,1-2H3,(H,17,21). The second-order valence-electron chi connectivity index (χ2n) is 5.19. The Morgan fingerprint density at radius 3 is 2.57 bits per heavy atom. The highest BCUT2D eigenvalue weighted by molar-refractivity contribution is 5.84. The molecule has 5 N–H and O–H groups in total. The van der Waals surface area contributed by atoms with Gasteiger partial charge in [0.05, 0.1) is 12.1 Å². The van der Waals surface area contributed by atoms with E-state index in [4.69, 9.17) is 5.73 Å². The van der Waals surface area contributed by atoms with Gasteiger partial charge in [-0.2, -0.15) is 0 Å². The Bertz CT molecular complexity index is 504. The number of carbonyl (C=O) groups excluding carboxylic acids is 2. The van der Waals surface area contributed by atoms with E-state index in [2.05, 4.69) is 5.32 Å². The summed E-state index contributed by atoms with van der Waals surface area (Å²) in [6, 6.07) is 2.88.